The lowest BCUT2D eigenvalue weighted by Gasteiger charge is -2.20. The minimum absolute atomic E-state index is 0.0243. The second-order valence-corrected chi connectivity index (χ2v) is 10.7. The van der Waals surface area contributed by atoms with Crippen LogP contribution in [-0.2, 0) is 32.1 Å². The van der Waals surface area contributed by atoms with Crippen LogP contribution < -0.4 is 16.0 Å². The molecule has 1 heterocycles. The second-order valence-electron chi connectivity index (χ2n) is 10.7. The molecule has 10 heteroatoms. The molecule has 0 saturated heterocycles. The van der Waals surface area contributed by atoms with Crippen LogP contribution in [0.3, 0.4) is 0 Å². The molecule has 4 N–H and O–H groups in total. The maximum atomic E-state index is 13.7. The fourth-order valence-corrected chi connectivity index (χ4v) is 5.15. The van der Waals surface area contributed by atoms with Crippen molar-refractivity contribution in [1.29, 1.82) is 5.41 Å². The van der Waals surface area contributed by atoms with E-state index in [0.29, 0.717) is 18.4 Å². The number of amides is 3. The molecule has 0 aromatic heterocycles. The number of carbonyl (C=O) groups is 5. The normalized spacial score (nSPS) is 16.0. The summed E-state index contributed by atoms with van der Waals surface area (Å²) in [6.45, 7) is 1.68. The molecule has 0 radical (unpaired) electrons. The molecule has 44 heavy (non-hydrogen) atoms. The summed E-state index contributed by atoms with van der Waals surface area (Å²) in [6, 6.07) is 16.4. The van der Waals surface area contributed by atoms with Gasteiger partial charge in [0, 0.05) is 30.3 Å². The van der Waals surface area contributed by atoms with Gasteiger partial charge in [0.05, 0.1) is 18.9 Å². The Hall–Kier alpha value is -5.12. The van der Waals surface area contributed by atoms with Crippen LogP contribution in [0.1, 0.15) is 76.1 Å². The molecule has 3 aromatic carbocycles. The van der Waals surface area contributed by atoms with Crippen LogP contribution in [0.5, 0.6) is 0 Å². The minimum Gasteiger partial charge on any atom is -0.466 e. The molecule has 0 saturated carbocycles. The highest BCUT2D eigenvalue weighted by Gasteiger charge is 2.22. The zero-order valence-corrected chi connectivity index (χ0v) is 24.8. The largest absolute Gasteiger partial charge is 0.466 e. The van der Waals surface area contributed by atoms with E-state index in [4.69, 9.17) is 5.41 Å². The van der Waals surface area contributed by atoms with Crippen LogP contribution in [0.2, 0.25) is 0 Å². The quantitative estimate of drug-likeness (QED) is 0.197. The Morgan fingerprint density at radius 1 is 0.977 bits per heavy atom. The van der Waals surface area contributed by atoms with Crippen LogP contribution in [0.4, 0.5) is 0 Å². The fraction of sp³-hybridized carbons (Fsp3) is 0.294. The minimum atomic E-state index is -0.934. The van der Waals surface area contributed by atoms with Gasteiger partial charge in [-0.05, 0) is 66.1 Å². The van der Waals surface area contributed by atoms with Gasteiger partial charge in [-0.25, -0.2) is 4.79 Å². The average molecular weight is 597 g/mol. The monoisotopic (exact) mass is 596 g/mol. The summed E-state index contributed by atoms with van der Waals surface area (Å²) in [5.74, 6) is -3.36. The fourth-order valence-electron chi connectivity index (χ4n) is 5.15. The third kappa shape index (κ3) is 8.03. The Labute approximate surface area is 255 Å². The Kier molecular flexibility index (Phi) is 10.7. The molecule has 1 atom stereocenters. The van der Waals surface area contributed by atoms with E-state index < -0.39 is 29.5 Å². The van der Waals surface area contributed by atoms with Crippen molar-refractivity contribution in [2.24, 2.45) is 0 Å². The van der Waals surface area contributed by atoms with Gasteiger partial charge in [-0.15, -0.1) is 0 Å². The Balaban J connectivity index is 1.60. The molecule has 0 fully saturated rings. The number of ketones is 1. The summed E-state index contributed by atoms with van der Waals surface area (Å²) in [6.07, 6.45) is 6.16. The lowest BCUT2D eigenvalue weighted by Crippen LogP contribution is -2.40. The molecule has 1 aliphatic heterocycles. The van der Waals surface area contributed by atoms with E-state index in [-0.39, 0.29) is 36.0 Å². The predicted molar refractivity (Wildman–Crippen MR) is 167 cm³/mol. The van der Waals surface area contributed by atoms with Gasteiger partial charge in [0.2, 0.25) is 5.78 Å². The van der Waals surface area contributed by atoms with E-state index in [2.05, 4.69) is 38.9 Å². The van der Waals surface area contributed by atoms with Gasteiger partial charge < -0.3 is 26.1 Å². The Bertz CT molecular complexity index is 1640. The van der Waals surface area contributed by atoms with Crippen LogP contribution >= 0.6 is 0 Å². The van der Waals surface area contributed by atoms with Crippen LogP contribution in [0, 0.1) is 5.41 Å². The summed E-state index contributed by atoms with van der Waals surface area (Å²) in [4.78, 5) is 62.6. The predicted octanol–water partition coefficient (Wildman–Crippen LogP) is 4.11. The third-order valence-corrected chi connectivity index (χ3v) is 7.53. The summed E-state index contributed by atoms with van der Waals surface area (Å²) in [5.41, 5.74) is 2.86. The number of Topliss-reactive ketones (excluding diaryl/α,β-unsaturated/α-hetero) is 1. The second kappa shape index (κ2) is 14.9. The van der Waals surface area contributed by atoms with Crippen molar-refractivity contribution < 1.29 is 28.7 Å². The first-order chi connectivity index (χ1) is 21.2. The van der Waals surface area contributed by atoms with E-state index in [1.165, 1.54) is 25.3 Å². The van der Waals surface area contributed by atoms with Crippen molar-refractivity contribution in [3.8, 4) is 0 Å². The summed E-state index contributed by atoms with van der Waals surface area (Å²) < 4.78 is 4.47. The van der Waals surface area contributed by atoms with Crippen molar-refractivity contribution in [2.75, 3.05) is 13.7 Å². The van der Waals surface area contributed by atoms with E-state index in [0.717, 1.165) is 47.2 Å². The van der Waals surface area contributed by atoms with Crippen molar-refractivity contribution >= 4 is 46.0 Å². The number of hydrogen-bond donors (Lipinski definition) is 4. The number of carbonyl (C=O) groups excluding carboxylic acids is 5. The maximum absolute atomic E-state index is 13.7. The third-order valence-electron chi connectivity index (χ3n) is 7.53. The molecule has 3 aromatic rings. The van der Waals surface area contributed by atoms with E-state index in [9.17, 15) is 24.0 Å². The van der Waals surface area contributed by atoms with Gasteiger partial charge in [0.1, 0.15) is 0 Å². The molecule has 0 unspecified atom stereocenters. The number of benzene rings is 3. The van der Waals surface area contributed by atoms with Crippen molar-refractivity contribution in [3.63, 3.8) is 0 Å². The first-order valence-corrected chi connectivity index (χ1v) is 14.6. The smallest absolute Gasteiger partial charge is 0.330 e. The van der Waals surface area contributed by atoms with E-state index in [1.54, 1.807) is 6.07 Å². The number of methoxy groups -OCH3 is 1. The molecule has 0 spiro atoms. The van der Waals surface area contributed by atoms with Gasteiger partial charge in [0.15, 0.2) is 0 Å². The Morgan fingerprint density at radius 3 is 2.52 bits per heavy atom. The molecule has 4 rings (SSSR count). The standard InChI is InChI=1S/C34H36N4O6/c1-21-27-18-22(17-23-10-6-7-11-26(23)27)9-4-3-5-12-29(35)31(40)24-14-15-25(28(19-24)32(41)38-21)20-37-34(43)33(42)36-16-8-13-30(39)44-2/h6-8,10-11,13-15,17-19,21,35H,3-5,9,12,16,20H2,1-2H3,(H,36,42)(H,37,43)(H,38,41)/b13-8+,35-29?/t21-/m1/s1. The molecule has 3 amide bonds. The number of rotatable bonds is 5. The van der Waals surface area contributed by atoms with Gasteiger partial charge in [-0.2, -0.15) is 0 Å². The molecular weight excluding hydrogens is 560 g/mol. The highest BCUT2D eigenvalue weighted by molar-refractivity contribution is 6.45. The van der Waals surface area contributed by atoms with Gasteiger partial charge in [-0.3, -0.25) is 19.2 Å². The first-order valence-electron chi connectivity index (χ1n) is 14.6. The van der Waals surface area contributed by atoms with Crippen LogP contribution in [0.25, 0.3) is 10.8 Å². The summed E-state index contributed by atoms with van der Waals surface area (Å²) >= 11 is 0. The zero-order chi connectivity index (χ0) is 31.6. The topological polar surface area (TPSA) is 155 Å². The van der Waals surface area contributed by atoms with Gasteiger partial charge in [0.25, 0.3) is 5.91 Å². The van der Waals surface area contributed by atoms with Gasteiger partial charge >= 0.3 is 17.8 Å². The number of ether oxygens (including phenoxy) is 1. The highest BCUT2D eigenvalue weighted by Crippen LogP contribution is 2.28. The SMILES string of the molecule is COC(=O)/C=C/CNC(=O)C(=O)NCc1ccc2cc1C(=O)N[C@H](C)c1cc(cc3ccccc13)CCCCCC(=N)C2=O. The van der Waals surface area contributed by atoms with Crippen LogP contribution in [0.15, 0.2) is 66.7 Å². The number of aryl methyl sites for hydroxylation is 1. The van der Waals surface area contributed by atoms with Crippen molar-refractivity contribution in [1.82, 2.24) is 16.0 Å². The Morgan fingerprint density at radius 2 is 1.73 bits per heavy atom. The lowest BCUT2D eigenvalue weighted by atomic mass is 9.93. The van der Waals surface area contributed by atoms with E-state index in [1.807, 2.05) is 25.1 Å². The van der Waals surface area contributed by atoms with Gasteiger partial charge in [-0.1, -0.05) is 61.0 Å². The van der Waals surface area contributed by atoms with Crippen LogP contribution in [-0.4, -0.2) is 48.8 Å². The summed E-state index contributed by atoms with van der Waals surface area (Å²) in [7, 11) is 1.22. The average Bonchev–Trinajstić information content (AvgIpc) is 3.03. The summed E-state index contributed by atoms with van der Waals surface area (Å²) in [5, 5.41) is 18.4. The number of nitrogens with one attached hydrogen (secondary N) is 4. The highest BCUT2D eigenvalue weighted by atomic mass is 16.5. The molecule has 1 aliphatic rings. The molecule has 10 nitrogen and oxygen atoms in total. The first kappa shape index (κ1) is 31.8. The zero-order valence-electron chi connectivity index (χ0n) is 24.8. The maximum Gasteiger partial charge on any atom is 0.330 e. The number of hydrogen-bond acceptors (Lipinski definition) is 7. The molecular formula is C34H36N4O6. The number of esters is 1. The molecule has 228 valence electrons. The molecule has 4 bridgehead atoms. The number of fused-ring (bicyclic) bond motifs is 6. The van der Waals surface area contributed by atoms with Crippen molar-refractivity contribution in [3.05, 3.63) is 94.6 Å². The van der Waals surface area contributed by atoms with E-state index >= 15 is 0 Å². The van der Waals surface area contributed by atoms with Crippen molar-refractivity contribution in [2.45, 2.75) is 51.6 Å². The lowest BCUT2D eigenvalue weighted by molar-refractivity contribution is -0.139. The molecule has 0 aliphatic carbocycles.